The Morgan fingerprint density at radius 1 is 1.35 bits per heavy atom. The van der Waals surface area contributed by atoms with Gasteiger partial charge in [-0.2, -0.15) is 4.99 Å². The second kappa shape index (κ2) is 4.02. The molecule has 104 valence electrons. The standard InChI is InChI=1S/C13H12ClN3O3/c14-8-3-6(4-9-11(8)20-5-19-9)10-12(15)16-13(18)17(10)7-1-2-7/h3-4,7,10H,1-2,5H2,(H2,15,16,18). The van der Waals surface area contributed by atoms with E-state index in [4.69, 9.17) is 26.8 Å². The predicted molar refractivity (Wildman–Crippen MR) is 72.2 cm³/mol. The Hall–Kier alpha value is -1.95. The summed E-state index contributed by atoms with van der Waals surface area (Å²) < 4.78 is 10.6. The minimum absolute atomic E-state index is 0.151. The van der Waals surface area contributed by atoms with Crippen molar-refractivity contribution in [2.45, 2.75) is 24.9 Å². The number of nitrogens with zero attached hydrogens (tertiary/aromatic N) is 2. The molecule has 1 saturated carbocycles. The van der Waals surface area contributed by atoms with E-state index in [1.54, 1.807) is 11.0 Å². The van der Waals surface area contributed by atoms with Gasteiger partial charge in [0.05, 0.1) is 5.02 Å². The zero-order chi connectivity index (χ0) is 13.9. The van der Waals surface area contributed by atoms with Crippen molar-refractivity contribution in [2.75, 3.05) is 6.79 Å². The molecule has 2 heterocycles. The van der Waals surface area contributed by atoms with Gasteiger partial charge in [-0.25, -0.2) is 4.79 Å². The SMILES string of the molecule is NC1=NC(=O)N(C2CC2)C1c1cc(Cl)c2c(c1)OCO2. The lowest BCUT2D eigenvalue weighted by atomic mass is 10.0. The zero-order valence-electron chi connectivity index (χ0n) is 10.5. The second-order valence-electron chi connectivity index (χ2n) is 5.10. The second-order valence-corrected chi connectivity index (χ2v) is 5.50. The van der Waals surface area contributed by atoms with Gasteiger partial charge < -0.3 is 20.1 Å². The molecule has 20 heavy (non-hydrogen) atoms. The first kappa shape index (κ1) is 11.8. The minimum atomic E-state index is -0.359. The van der Waals surface area contributed by atoms with E-state index in [9.17, 15) is 4.79 Å². The van der Waals surface area contributed by atoms with Crippen LogP contribution in [0, 0.1) is 0 Å². The number of halogens is 1. The molecule has 0 bridgehead atoms. The average Bonchev–Trinajstić information content (AvgIpc) is 3.03. The fourth-order valence-corrected chi connectivity index (χ4v) is 2.95. The normalized spacial score (nSPS) is 24.2. The van der Waals surface area contributed by atoms with Crippen molar-refractivity contribution >= 4 is 23.5 Å². The van der Waals surface area contributed by atoms with Crippen LogP contribution in [0.4, 0.5) is 4.79 Å². The van der Waals surface area contributed by atoms with Crippen LogP contribution in [0.25, 0.3) is 0 Å². The highest BCUT2D eigenvalue weighted by Crippen LogP contribution is 2.44. The highest BCUT2D eigenvalue weighted by molar-refractivity contribution is 6.32. The van der Waals surface area contributed by atoms with Gasteiger partial charge >= 0.3 is 6.03 Å². The lowest BCUT2D eigenvalue weighted by Gasteiger charge is -2.24. The number of nitrogens with two attached hydrogens (primary N) is 1. The van der Waals surface area contributed by atoms with Crippen molar-refractivity contribution in [2.24, 2.45) is 10.7 Å². The highest BCUT2D eigenvalue weighted by atomic mass is 35.5. The summed E-state index contributed by atoms with van der Waals surface area (Å²) >= 11 is 6.19. The van der Waals surface area contributed by atoms with E-state index in [-0.39, 0.29) is 24.9 Å². The minimum Gasteiger partial charge on any atom is -0.454 e. The van der Waals surface area contributed by atoms with Crippen LogP contribution < -0.4 is 15.2 Å². The molecule has 1 aromatic carbocycles. The maximum absolute atomic E-state index is 11.9. The van der Waals surface area contributed by atoms with Gasteiger partial charge in [0, 0.05) is 6.04 Å². The lowest BCUT2D eigenvalue weighted by Crippen LogP contribution is -2.35. The Balaban J connectivity index is 1.78. The number of carbonyl (C=O) groups is 1. The number of ether oxygens (including phenoxy) is 2. The maximum Gasteiger partial charge on any atom is 0.346 e. The third-order valence-corrected chi connectivity index (χ3v) is 3.99. The van der Waals surface area contributed by atoms with Crippen molar-refractivity contribution < 1.29 is 14.3 Å². The fourth-order valence-electron chi connectivity index (χ4n) is 2.68. The molecule has 1 unspecified atom stereocenters. The van der Waals surface area contributed by atoms with Crippen molar-refractivity contribution in [1.29, 1.82) is 0 Å². The van der Waals surface area contributed by atoms with Crippen molar-refractivity contribution in [3.63, 3.8) is 0 Å². The summed E-state index contributed by atoms with van der Waals surface area (Å²) in [6.45, 7) is 0.151. The number of carbonyl (C=O) groups excluding carboxylic acids is 1. The zero-order valence-corrected chi connectivity index (χ0v) is 11.3. The molecule has 1 aromatic rings. The van der Waals surface area contributed by atoms with Crippen LogP contribution in [0.3, 0.4) is 0 Å². The smallest absolute Gasteiger partial charge is 0.346 e. The summed E-state index contributed by atoms with van der Waals surface area (Å²) in [4.78, 5) is 17.5. The number of hydrogen-bond acceptors (Lipinski definition) is 4. The van der Waals surface area contributed by atoms with Gasteiger partial charge in [0.25, 0.3) is 0 Å². The van der Waals surface area contributed by atoms with Crippen LogP contribution >= 0.6 is 11.6 Å². The Bertz CT molecular complexity index is 642. The van der Waals surface area contributed by atoms with Gasteiger partial charge in [0.2, 0.25) is 6.79 Å². The van der Waals surface area contributed by atoms with Crippen LogP contribution in [0.2, 0.25) is 5.02 Å². The molecule has 2 aliphatic heterocycles. The molecule has 0 saturated heterocycles. The Labute approximate surface area is 120 Å². The van der Waals surface area contributed by atoms with E-state index in [2.05, 4.69) is 4.99 Å². The molecule has 0 radical (unpaired) electrons. The van der Waals surface area contributed by atoms with Gasteiger partial charge in [-0.05, 0) is 30.5 Å². The van der Waals surface area contributed by atoms with E-state index in [0.717, 1.165) is 18.4 Å². The quantitative estimate of drug-likeness (QED) is 0.905. The van der Waals surface area contributed by atoms with Gasteiger partial charge in [0.1, 0.15) is 11.9 Å². The Morgan fingerprint density at radius 3 is 2.90 bits per heavy atom. The number of hydrogen-bond donors (Lipinski definition) is 1. The average molecular weight is 294 g/mol. The van der Waals surface area contributed by atoms with Gasteiger partial charge in [-0.1, -0.05) is 11.6 Å². The maximum atomic E-state index is 11.9. The highest BCUT2D eigenvalue weighted by Gasteiger charge is 2.44. The number of urea groups is 1. The largest absolute Gasteiger partial charge is 0.454 e. The lowest BCUT2D eigenvalue weighted by molar-refractivity contribution is 0.174. The number of amides is 2. The molecular weight excluding hydrogens is 282 g/mol. The summed E-state index contributed by atoms with van der Waals surface area (Å²) in [7, 11) is 0. The van der Waals surface area contributed by atoms with E-state index in [1.165, 1.54) is 0 Å². The Morgan fingerprint density at radius 2 is 2.15 bits per heavy atom. The first-order valence-electron chi connectivity index (χ1n) is 6.40. The molecule has 6 nitrogen and oxygen atoms in total. The van der Waals surface area contributed by atoms with E-state index < -0.39 is 0 Å². The summed E-state index contributed by atoms with van der Waals surface area (Å²) in [6, 6.07) is 3.16. The molecule has 2 amide bonds. The van der Waals surface area contributed by atoms with Crippen molar-refractivity contribution in [3.05, 3.63) is 22.7 Å². The van der Waals surface area contributed by atoms with Crippen molar-refractivity contribution in [3.8, 4) is 11.5 Å². The molecule has 7 heteroatoms. The van der Waals surface area contributed by atoms with Crippen LogP contribution in [0.15, 0.2) is 17.1 Å². The van der Waals surface area contributed by atoms with Gasteiger partial charge in [-0.3, -0.25) is 0 Å². The number of benzene rings is 1. The molecule has 1 atom stereocenters. The van der Waals surface area contributed by atoms with Crippen LogP contribution in [0.1, 0.15) is 24.4 Å². The molecule has 4 rings (SSSR count). The van der Waals surface area contributed by atoms with Crippen LogP contribution in [-0.4, -0.2) is 29.6 Å². The van der Waals surface area contributed by atoms with Crippen LogP contribution in [0.5, 0.6) is 11.5 Å². The summed E-state index contributed by atoms with van der Waals surface area (Å²) in [5, 5.41) is 0.456. The topological polar surface area (TPSA) is 77.2 Å². The first-order chi connectivity index (χ1) is 9.65. The fraction of sp³-hybridized carbons (Fsp3) is 0.385. The molecule has 0 spiro atoms. The number of amidine groups is 1. The van der Waals surface area contributed by atoms with E-state index >= 15 is 0 Å². The molecule has 2 N–H and O–H groups in total. The predicted octanol–water partition coefficient (Wildman–Crippen LogP) is 2.06. The summed E-state index contributed by atoms with van der Waals surface area (Å²) in [5.41, 5.74) is 6.73. The molecule has 3 aliphatic rings. The van der Waals surface area contributed by atoms with E-state index in [1.807, 2.05) is 6.07 Å². The summed E-state index contributed by atoms with van der Waals surface area (Å²) in [5.74, 6) is 1.42. The van der Waals surface area contributed by atoms with Gasteiger partial charge in [0.15, 0.2) is 11.5 Å². The molecule has 0 aromatic heterocycles. The number of fused-ring (bicyclic) bond motifs is 1. The first-order valence-corrected chi connectivity index (χ1v) is 6.78. The van der Waals surface area contributed by atoms with Crippen molar-refractivity contribution in [1.82, 2.24) is 4.90 Å². The van der Waals surface area contributed by atoms with Crippen LogP contribution in [-0.2, 0) is 0 Å². The van der Waals surface area contributed by atoms with E-state index in [0.29, 0.717) is 22.4 Å². The Kier molecular flexibility index (Phi) is 2.38. The third kappa shape index (κ3) is 1.64. The number of aliphatic imine (C=N–C) groups is 1. The molecule has 1 fully saturated rings. The molecular formula is C13H12ClN3O3. The molecule has 1 aliphatic carbocycles. The monoisotopic (exact) mass is 293 g/mol. The number of rotatable bonds is 2. The van der Waals surface area contributed by atoms with Gasteiger partial charge in [-0.15, -0.1) is 0 Å². The summed E-state index contributed by atoms with van der Waals surface area (Å²) in [6.07, 6.45) is 1.98. The third-order valence-electron chi connectivity index (χ3n) is 3.71.